The third-order valence-electron chi connectivity index (χ3n) is 4.56. The van der Waals surface area contributed by atoms with Crippen LogP contribution in [-0.4, -0.2) is 61.6 Å². The van der Waals surface area contributed by atoms with E-state index in [-0.39, 0.29) is 17.7 Å². The fraction of sp³-hybridized carbons (Fsp3) is 0.867. The van der Waals surface area contributed by atoms with Gasteiger partial charge >= 0.3 is 0 Å². The Bertz CT molecular complexity index is 411. The molecule has 0 aromatic rings. The molecule has 1 aliphatic carbocycles. The number of nitrogens with one attached hydrogen (secondary N) is 2. The van der Waals surface area contributed by atoms with E-state index >= 15 is 0 Å². The van der Waals surface area contributed by atoms with E-state index in [9.17, 15) is 9.59 Å². The number of morpholine rings is 1. The monoisotopic (exact) mass is 295 g/mol. The summed E-state index contributed by atoms with van der Waals surface area (Å²) in [6, 6.07) is -0.142. The van der Waals surface area contributed by atoms with Crippen molar-refractivity contribution in [3.8, 4) is 0 Å². The second-order valence-electron chi connectivity index (χ2n) is 6.60. The molecule has 0 spiro atoms. The Morgan fingerprint density at radius 1 is 1.29 bits per heavy atom. The number of nitrogens with zero attached hydrogens (tertiary/aromatic N) is 1. The maximum atomic E-state index is 12.8. The van der Waals surface area contributed by atoms with Crippen LogP contribution in [0.2, 0.25) is 0 Å². The van der Waals surface area contributed by atoms with Crippen LogP contribution in [0, 0.1) is 11.8 Å². The number of piperidine rings is 1. The zero-order chi connectivity index (χ0) is 14.8. The van der Waals surface area contributed by atoms with Gasteiger partial charge in [0.05, 0.1) is 19.1 Å². The summed E-state index contributed by atoms with van der Waals surface area (Å²) in [5.74, 6) is 0.547. The van der Waals surface area contributed by atoms with E-state index in [1.807, 2.05) is 0 Å². The largest absolute Gasteiger partial charge is 0.377 e. The summed E-state index contributed by atoms with van der Waals surface area (Å²) in [4.78, 5) is 26.8. The average Bonchev–Trinajstić information content (AvgIpc) is 3.30. The third-order valence-corrected chi connectivity index (χ3v) is 4.56. The second-order valence-corrected chi connectivity index (χ2v) is 6.60. The number of hydrogen-bond donors (Lipinski definition) is 2. The quantitative estimate of drug-likeness (QED) is 0.752. The van der Waals surface area contributed by atoms with Gasteiger partial charge in [-0.25, -0.2) is 0 Å². The molecule has 2 N–H and O–H groups in total. The van der Waals surface area contributed by atoms with E-state index in [1.54, 1.807) is 4.90 Å². The minimum Gasteiger partial charge on any atom is -0.377 e. The van der Waals surface area contributed by atoms with Gasteiger partial charge in [-0.15, -0.1) is 0 Å². The molecule has 6 nitrogen and oxygen atoms in total. The third kappa shape index (κ3) is 3.55. The van der Waals surface area contributed by atoms with Crippen LogP contribution in [0.3, 0.4) is 0 Å². The summed E-state index contributed by atoms with van der Waals surface area (Å²) in [7, 11) is 0. The normalized spacial score (nSPS) is 33.6. The Morgan fingerprint density at radius 3 is 2.81 bits per heavy atom. The highest BCUT2D eigenvalue weighted by Gasteiger charge is 2.38. The predicted molar refractivity (Wildman–Crippen MR) is 77.6 cm³/mol. The molecule has 118 valence electrons. The van der Waals surface area contributed by atoms with Crippen molar-refractivity contribution in [3.63, 3.8) is 0 Å². The molecule has 2 aliphatic heterocycles. The number of carbonyl (C=O) groups excluding carboxylic acids is 2. The molecule has 0 radical (unpaired) electrons. The molecular formula is C15H25N3O3. The van der Waals surface area contributed by atoms with Crippen molar-refractivity contribution in [3.05, 3.63) is 0 Å². The molecule has 2 amide bonds. The van der Waals surface area contributed by atoms with Crippen LogP contribution in [0.15, 0.2) is 0 Å². The molecule has 1 saturated carbocycles. The lowest BCUT2D eigenvalue weighted by Crippen LogP contribution is -2.58. The van der Waals surface area contributed by atoms with Crippen molar-refractivity contribution >= 4 is 11.8 Å². The number of carbonyl (C=O) groups is 2. The van der Waals surface area contributed by atoms with Crippen molar-refractivity contribution in [2.24, 2.45) is 11.8 Å². The zero-order valence-corrected chi connectivity index (χ0v) is 12.6. The standard InChI is InChI=1S/C15H25N3O3/c1-10-6-11(8-16-7-10)15(20)18-4-5-21-9-13(18)14(19)17-12-2-3-12/h10-13,16H,2-9H2,1H3,(H,17,19). The minimum atomic E-state index is -0.455. The highest BCUT2D eigenvalue weighted by molar-refractivity contribution is 5.89. The van der Waals surface area contributed by atoms with Gasteiger partial charge in [-0.3, -0.25) is 9.59 Å². The van der Waals surface area contributed by atoms with E-state index in [2.05, 4.69) is 17.6 Å². The summed E-state index contributed by atoms with van der Waals surface area (Å²) in [5.41, 5.74) is 0. The minimum absolute atomic E-state index is 0.0110. The van der Waals surface area contributed by atoms with Crippen molar-refractivity contribution in [2.75, 3.05) is 32.8 Å². The zero-order valence-electron chi connectivity index (χ0n) is 12.6. The summed E-state index contributed by atoms with van der Waals surface area (Å²) >= 11 is 0. The van der Waals surface area contributed by atoms with Crippen LogP contribution >= 0.6 is 0 Å². The molecule has 3 rings (SSSR count). The van der Waals surface area contributed by atoms with Crippen LogP contribution in [-0.2, 0) is 14.3 Å². The van der Waals surface area contributed by atoms with Crippen LogP contribution in [0.1, 0.15) is 26.2 Å². The molecule has 3 aliphatic rings. The van der Waals surface area contributed by atoms with E-state index in [1.165, 1.54) is 0 Å². The van der Waals surface area contributed by atoms with Crippen molar-refractivity contribution in [2.45, 2.75) is 38.3 Å². The van der Waals surface area contributed by atoms with Gasteiger partial charge in [0, 0.05) is 19.1 Å². The van der Waals surface area contributed by atoms with E-state index in [4.69, 9.17) is 4.74 Å². The number of rotatable bonds is 3. The first-order valence-electron chi connectivity index (χ1n) is 8.04. The van der Waals surface area contributed by atoms with Gasteiger partial charge in [0.15, 0.2) is 0 Å². The Hall–Kier alpha value is -1.14. The maximum absolute atomic E-state index is 12.8. The fourth-order valence-electron chi connectivity index (χ4n) is 3.19. The lowest BCUT2D eigenvalue weighted by Gasteiger charge is -2.38. The SMILES string of the molecule is CC1CNCC(C(=O)N2CCOCC2C(=O)NC2CC2)C1. The smallest absolute Gasteiger partial charge is 0.245 e. The first-order valence-corrected chi connectivity index (χ1v) is 8.04. The molecule has 2 heterocycles. The van der Waals surface area contributed by atoms with Crippen LogP contribution in [0.5, 0.6) is 0 Å². The molecule has 0 aromatic heterocycles. The maximum Gasteiger partial charge on any atom is 0.245 e. The summed E-state index contributed by atoms with van der Waals surface area (Å²) < 4.78 is 5.42. The summed E-state index contributed by atoms with van der Waals surface area (Å²) in [5, 5.41) is 6.30. The second kappa shape index (κ2) is 6.32. The van der Waals surface area contributed by atoms with Crippen LogP contribution in [0.25, 0.3) is 0 Å². The Labute approximate surface area is 125 Å². The first-order chi connectivity index (χ1) is 10.1. The van der Waals surface area contributed by atoms with Gasteiger partial charge in [-0.2, -0.15) is 0 Å². The lowest BCUT2D eigenvalue weighted by atomic mass is 9.90. The van der Waals surface area contributed by atoms with E-state index < -0.39 is 6.04 Å². The lowest BCUT2D eigenvalue weighted by molar-refractivity contribution is -0.152. The number of ether oxygens (including phenoxy) is 1. The molecule has 21 heavy (non-hydrogen) atoms. The molecule has 0 bridgehead atoms. The fourth-order valence-corrected chi connectivity index (χ4v) is 3.19. The summed E-state index contributed by atoms with van der Waals surface area (Å²) in [6.07, 6.45) is 3.01. The molecule has 2 saturated heterocycles. The molecule has 0 aromatic carbocycles. The summed E-state index contributed by atoms with van der Waals surface area (Å²) in [6.45, 7) is 5.21. The Morgan fingerprint density at radius 2 is 2.10 bits per heavy atom. The Balaban J connectivity index is 1.64. The van der Waals surface area contributed by atoms with Crippen molar-refractivity contribution in [1.82, 2.24) is 15.5 Å². The topological polar surface area (TPSA) is 70.7 Å². The molecular weight excluding hydrogens is 270 g/mol. The molecule has 3 atom stereocenters. The van der Waals surface area contributed by atoms with E-state index in [0.29, 0.717) is 31.7 Å². The van der Waals surface area contributed by atoms with Crippen LogP contribution < -0.4 is 10.6 Å². The van der Waals surface area contributed by atoms with Gasteiger partial charge in [0.25, 0.3) is 0 Å². The first kappa shape index (κ1) is 14.8. The van der Waals surface area contributed by atoms with Gasteiger partial charge in [0.1, 0.15) is 6.04 Å². The van der Waals surface area contributed by atoms with Gasteiger partial charge in [-0.05, 0) is 31.7 Å². The molecule has 6 heteroatoms. The highest BCUT2D eigenvalue weighted by atomic mass is 16.5. The average molecular weight is 295 g/mol. The predicted octanol–water partition coefficient (Wildman–Crippen LogP) is -0.262. The number of amides is 2. The van der Waals surface area contributed by atoms with Gasteiger partial charge in [-0.1, -0.05) is 6.92 Å². The Kier molecular flexibility index (Phi) is 4.45. The van der Waals surface area contributed by atoms with E-state index in [0.717, 1.165) is 32.4 Å². The van der Waals surface area contributed by atoms with Gasteiger partial charge < -0.3 is 20.3 Å². The van der Waals surface area contributed by atoms with Crippen molar-refractivity contribution < 1.29 is 14.3 Å². The van der Waals surface area contributed by atoms with Crippen molar-refractivity contribution in [1.29, 1.82) is 0 Å². The highest BCUT2D eigenvalue weighted by Crippen LogP contribution is 2.22. The molecule has 3 unspecified atom stereocenters. The van der Waals surface area contributed by atoms with Gasteiger partial charge in [0.2, 0.25) is 11.8 Å². The molecule has 3 fully saturated rings. The van der Waals surface area contributed by atoms with Crippen LogP contribution in [0.4, 0.5) is 0 Å². The number of hydrogen-bond acceptors (Lipinski definition) is 4.